The highest BCUT2D eigenvalue weighted by atomic mass is 32.2. The molecule has 0 unspecified atom stereocenters. The fourth-order valence-corrected chi connectivity index (χ4v) is 3.64. The van der Waals surface area contributed by atoms with Crippen LogP contribution in [0.15, 0.2) is 24.3 Å². The van der Waals surface area contributed by atoms with Crippen molar-refractivity contribution in [2.45, 2.75) is 46.2 Å². The Morgan fingerprint density at radius 1 is 1.15 bits per heavy atom. The third-order valence-electron chi connectivity index (χ3n) is 4.17. The first-order valence-corrected chi connectivity index (χ1v) is 11.0. The number of sulfonamides is 1. The second-order valence-corrected chi connectivity index (χ2v) is 9.58. The van der Waals surface area contributed by atoms with E-state index >= 15 is 0 Å². The van der Waals surface area contributed by atoms with Crippen LogP contribution in [0.3, 0.4) is 0 Å². The molecule has 0 aliphatic carbocycles. The molecule has 8 heteroatoms. The Labute approximate surface area is 160 Å². The number of nitrogens with one attached hydrogen (secondary N) is 2. The maximum atomic E-state index is 11.4. The van der Waals surface area contributed by atoms with E-state index in [9.17, 15) is 8.42 Å². The van der Waals surface area contributed by atoms with Crippen LogP contribution in [0.1, 0.15) is 33.5 Å². The van der Waals surface area contributed by atoms with E-state index in [0.717, 1.165) is 40.0 Å². The van der Waals surface area contributed by atoms with Crippen LogP contribution in [0.4, 0.5) is 5.82 Å². The highest BCUT2D eigenvalue weighted by Gasteiger charge is 2.20. The molecule has 0 spiro atoms. The Balaban J connectivity index is 2.21. The molecule has 0 saturated heterocycles. The average molecular weight is 390 g/mol. The monoisotopic (exact) mass is 389 g/mol. The van der Waals surface area contributed by atoms with Crippen LogP contribution in [0.5, 0.6) is 0 Å². The summed E-state index contributed by atoms with van der Waals surface area (Å²) >= 11 is 0. The average Bonchev–Trinajstić information content (AvgIpc) is 2.92. The molecule has 0 fully saturated rings. The van der Waals surface area contributed by atoms with Gasteiger partial charge in [-0.3, -0.25) is 0 Å². The van der Waals surface area contributed by atoms with E-state index in [-0.39, 0.29) is 5.54 Å². The molecule has 7 nitrogen and oxygen atoms in total. The van der Waals surface area contributed by atoms with Gasteiger partial charge in [0.25, 0.3) is 0 Å². The molecule has 0 bridgehead atoms. The Morgan fingerprint density at radius 2 is 1.85 bits per heavy atom. The van der Waals surface area contributed by atoms with Gasteiger partial charge in [-0.1, -0.05) is 25.1 Å². The predicted octanol–water partition coefficient (Wildman–Crippen LogP) is 2.91. The molecule has 2 heterocycles. The van der Waals surface area contributed by atoms with Gasteiger partial charge >= 0.3 is 0 Å². The molecule has 1 aromatic carbocycles. The molecule has 3 rings (SSSR count). The van der Waals surface area contributed by atoms with E-state index in [1.807, 2.05) is 31.2 Å². The molecule has 3 aromatic rings. The molecule has 0 saturated carbocycles. The van der Waals surface area contributed by atoms with Crippen molar-refractivity contribution in [3.8, 4) is 0 Å². The first-order valence-electron chi connectivity index (χ1n) is 9.10. The van der Waals surface area contributed by atoms with Gasteiger partial charge < -0.3 is 9.88 Å². The molecule has 0 atom stereocenters. The van der Waals surface area contributed by atoms with E-state index < -0.39 is 10.0 Å². The zero-order chi connectivity index (χ0) is 19.8. The Kier molecular flexibility index (Phi) is 5.14. The first-order chi connectivity index (χ1) is 12.6. The maximum Gasteiger partial charge on any atom is 0.208 e. The van der Waals surface area contributed by atoms with Crippen molar-refractivity contribution in [1.82, 2.24) is 19.3 Å². The molecule has 27 heavy (non-hydrogen) atoms. The van der Waals surface area contributed by atoms with Crippen LogP contribution in [-0.4, -0.2) is 41.3 Å². The molecule has 146 valence electrons. The van der Waals surface area contributed by atoms with Crippen molar-refractivity contribution in [3.63, 3.8) is 0 Å². The first kappa shape index (κ1) is 19.6. The van der Waals surface area contributed by atoms with Crippen molar-refractivity contribution in [1.29, 1.82) is 0 Å². The van der Waals surface area contributed by atoms with Crippen LogP contribution >= 0.6 is 0 Å². The predicted molar refractivity (Wildman–Crippen MR) is 111 cm³/mol. The molecular formula is C19H27N5O2S. The van der Waals surface area contributed by atoms with Gasteiger partial charge in [-0.2, -0.15) is 0 Å². The lowest BCUT2D eigenvalue weighted by Gasteiger charge is -2.22. The van der Waals surface area contributed by atoms with Crippen LogP contribution in [0, 0.1) is 0 Å². The molecular weight excluding hydrogens is 362 g/mol. The molecule has 0 aliphatic heterocycles. The summed E-state index contributed by atoms with van der Waals surface area (Å²) in [6.45, 7) is 9.14. The number of aryl methyl sites for hydroxylation is 1. The lowest BCUT2D eigenvalue weighted by Crippen LogP contribution is -2.27. The number of nitrogens with zero attached hydrogens (tertiary/aromatic N) is 3. The minimum atomic E-state index is -3.23. The highest BCUT2D eigenvalue weighted by Crippen LogP contribution is 2.31. The Hall–Kier alpha value is -2.19. The van der Waals surface area contributed by atoms with E-state index in [1.165, 1.54) is 6.26 Å². The summed E-state index contributed by atoms with van der Waals surface area (Å²) < 4.78 is 27.6. The molecule has 2 aromatic heterocycles. The maximum absolute atomic E-state index is 11.4. The number of para-hydroxylation sites is 1. The number of aromatic nitrogens is 3. The second kappa shape index (κ2) is 7.09. The van der Waals surface area contributed by atoms with Crippen LogP contribution in [0.25, 0.3) is 21.9 Å². The van der Waals surface area contributed by atoms with Crippen LogP contribution in [0.2, 0.25) is 0 Å². The second-order valence-electron chi connectivity index (χ2n) is 7.75. The number of imidazole rings is 1. The zero-order valence-corrected chi connectivity index (χ0v) is 17.3. The lowest BCUT2D eigenvalue weighted by molar-refractivity contribution is 0.577. The van der Waals surface area contributed by atoms with Crippen molar-refractivity contribution in [2.24, 2.45) is 0 Å². The summed E-state index contributed by atoms with van der Waals surface area (Å²) in [6, 6.07) is 7.97. The molecule has 0 amide bonds. The fraction of sp³-hybridized carbons (Fsp3) is 0.474. The molecule has 0 aliphatic rings. The SMILES string of the molecule is CCc1nc2c(NC(C)(C)C)nc3ccccc3c2n1CCNS(C)(=O)=O. The standard InChI is InChI=1S/C19H27N5O2S/c1-6-15-22-16-17(24(15)12-11-20-27(5,25)26)13-9-7-8-10-14(13)21-18(16)23-19(2,3)4/h7-10,20H,6,11-12H2,1-5H3,(H,21,23). The van der Waals surface area contributed by atoms with Gasteiger partial charge in [0.2, 0.25) is 10.0 Å². The van der Waals surface area contributed by atoms with E-state index in [1.54, 1.807) is 0 Å². The molecule has 0 radical (unpaired) electrons. The quantitative estimate of drug-likeness (QED) is 0.677. The number of pyridine rings is 1. The number of hydrogen-bond donors (Lipinski definition) is 2. The Morgan fingerprint density at radius 3 is 2.48 bits per heavy atom. The van der Waals surface area contributed by atoms with Crippen LogP contribution in [-0.2, 0) is 23.0 Å². The topological polar surface area (TPSA) is 88.9 Å². The van der Waals surface area contributed by atoms with Gasteiger partial charge in [-0.05, 0) is 26.8 Å². The van der Waals surface area contributed by atoms with E-state index in [2.05, 4.69) is 35.4 Å². The van der Waals surface area contributed by atoms with Gasteiger partial charge in [-0.25, -0.2) is 23.1 Å². The smallest absolute Gasteiger partial charge is 0.208 e. The highest BCUT2D eigenvalue weighted by molar-refractivity contribution is 7.88. The van der Waals surface area contributed by atoms with E-state index in [4.69, 9.17) is 9.97 Å². The fourth-order valence-electron chi connectivity index (χ4n) is 3.18. The van der Waals surface area contributed by atoms with Crippen molar-refractivity contribution >= 4 is 37.8 Å². The normalized spacial score (nSPS) is 12.8. The van der Waals surface area contributed by atoms with Crippen molar-refractivity contribution < 1.29 is 8.42 Å². The summed E-state index contributed by atoms with van der Waals surface area (Å²) in [6.07, 6.45) is 1.92. The van der Waals surface area contributed by atoms with Crippen molar-refractivity contribution in [3.05, 3.63) is 30.1 Å². The zero-order valence-electron chi connectivity index (χ0n) is 16.5. The summed E-state index contributed by atoms with van der Waals surface area (Å²) in [5.41, 5.74) is 2.53. The number of hydrogen-bond acceptors (Lipinski definition) is 5. The minimum absolute atomic E-state index is 0.156. The van der Waals surface area contributed by atoms with Gasteiger partial charge in [-0.15, -0.1) is 0 Å². The summed E-state index contributed by atoms with van der Waals surface area (Å²) in [5, 5.41) is 4.48. The third-order valence-corrected chi connectivity index (χ3v) is 4.90. The Bertz CT molecular complexity index is 1080. The number of anilines is 1. The summed E-state index contributed by atoms with van der Waals surface area (Å²) in [7, 11) is -3.23. The lowest BCUT2D eigenvalue weighted by atomic mass is 10.1. The van der Waals surface area contributed by atoms with E-state index in [0.29, 0.717) is 13.1 Å². The summed E-state index contributed by atoms with van der Waals surface area (Å²) in [5.74, 6) is 1.66. The number of benzene rings is 1. The largest absolute Gasteiger partial charge is 0.364 e. The van der Waals surface area contributed by atoms with Gasteiger partial charge in [0, 0.05) is 30.4 Å². The van der Waals surface area contributed by atoms with Crippen LogP contribution < -0.4 is 10.0 Å². The van der Waals surface area contributed by atoms with Gasteiger partial charge in [0.15, 0.2) is 5.82 Å². The van der Waals surface area contributed by atoms with Crippen molar-refractivity contribution in [2.75, 3.05) is 18.1 Å². The third kappa shape index (κ3) is 4.39. The number of fused-ring (bicyclic) bond motifs is 3. The summed E-state index contributed by atoms with van der Waals surface area (Å²) in [4.78, 5) is 9.64. The van der Waals surface area contributed by atoms with Gasteiger partial charge in [0.05, 0.1) is 17.3 Å². The minimum Gasteiger partial charge on any atom is -0.364 e. The van der Waals surface area contributed by atoms with Gasteiger partial charge in [0.1, 0.15) is 11.3 Å². The molecule has 2 N–H and O–H groups in total. The number of rotatable bonds is 6.